The second kappa shape index (κ2) is 15.2. The van der Waals surface area contributed by atoms with E-state index in [-0.39, 0.29) is 30.9 Å². The number of amides is 3. The fourth-order valence-corrected chi connectivity index (χ4v) is 6.60. The number of esters is 1. The van der Waals surface area contributed by atoms with Crippen LogP contribution in [0.4, 0.5) is 4.79 Å². The highest BCUT2D eigenvalue weighted by atomic mass is 32.2. The highest BCUT2D eigenvalue weighted by molar-refractivity contribution is 7.89. The SMILES string of the molecule is CCCCS(=O)(=O)N[C@@](C)(NC(=O)[C@@H]1CCCN(C(=O)CCC2CCN(C(=O)OC(C)(C)C)CC2)C1)C(=O)OCC. The molecule has 0 saturated carbocycles. The van der Waals surface area contributed by atoms with Gasteiger partial charge in [0.2, 0.25) is 27.5 Å². The number of likely N-dealkylation sites (tertiary alicyclic amines) is 2. The second-order valence-corrected chi connectivity index (χ2v) is 14.1. The maximum atomic E-state index is 13.2. The number of rotatable bonds is 12. The van der Waals surface area contributed by atoms with Crippen LogP contribution in [0.15, 0.2) is 0 Å². The third-order valence-corrected chi connectivity index (χ3v) is 8.91. The highest BCUT2D eigenvalue weighted by Crippen LogP contribution is 2.25. The number of hydrogen-bond donors (Lipinski definition) is 2. The molecule has 0 bridgehead atoms. The Hall–Kier alpha value is -2.41. The number of sulfonamides is 1. The van der Waals surface area contributed by atoms with Crippen molar-refractivity contribution in [3.8, 4) is 0 Å². The summed E-state index contributed by atoms with van der Waals surface area (Å²) in [4.78, 5) is 54.7. The molecule has 2 saturated heterocycles. The van der Waals surface area contributed by atoms with Crippen molar-refractivity contribution in [2.45, 2.75) is 104 Å². The molecule has 41 heavy (non-hydrogen) atoms. The summed E-state index contributed by atoms with van der Waals surface area (Å²) < 4.78 is 38.0. The molecule has 2 aliphatic heterocycles. The van der Waals surface area contributed by atoms with Gasteiger partial charge in [0.05, 0.1) is 18.3 Å². The molecule has 0 aromatic carbocycles. The van der Waals surface area contributed by atoms with Crippen molar-refractivity contribution in [2.75, 3.05) is 38.5 Å². The van der Waals surface area contributed by atoms with Crippen molar-refractivity contribution in [3.05, 3.63) is 0 Å². The summed E-state index contributed by atoms with van der Waals surface area (Å²) in [6, 6.07) is 0. The van der Waals surface area contributed by atoms with Crippen LogP contribution < -0.4 is 10.0 Å². The van der Waals surface area contributed by atoms with Crippen LogP contribution in [-0.4, -0.2) is 91.9 Å². The van der Waals surface area contributed by atoms with Crippen LogP contribution in [0.1, 0.15) is 92.9 Å². The Balaban J connectivity index is 1.91. The summed E-state index contributed by atoms with van der Waals surface area (Å²) in [5, 5.41) is 2.57. The van der Waals surface area contributed by atoms with Crippen LogP contribution in [0.25, 0.3) is 0 Å². The van der Waals surface area contributed by atoms with Gasteiger partial charge >= 0.3 is 12.1 Å². The molecule has 0 radical (unpaired) electrons. The second-order valence-electron chi connectivity index (χ2n) is 12.2. The van der Waals surface area contributed by atoms with E-state index in [2.05, 4.69) is 10.0 Å². The van der Waals surface area contributed by atoms with Crippen LogP contribution in [0, 0.1) is 11.8 Å². The van der Waals surface area contributed by atoms with Gasteiger partial charge in [0.15, 0.2) is 0 Å². The predicted octanol–water partition coefficient (Wildman–Crippen LogP) is 2.77. The Morgan fingerprint density at radius 2 is 1.61 bits per heavy atom. The number of unbranched alkanes of at least 4 members (excludes halogenated alkanes) is 1. The summed E-state index contributed by atoms with van der Waals surface area (Å²) in [5.41, 5.74) is -2.50. The molecule has 236 valence electrons. The molecule has 0 aliphatic carbocycles. The third kappa shape index (κ3) is 11.4. The Kier molecular flexibility index (Phi) is 12.9. The molecule has 12 nitrogen and oxygen atoms in total. The topological polar surface area (TPSA) is 151 Å². The molecule has 2 aliphatic rings. The normalized spacial score (nSPS) is 20.2. The summed E-state index contributed by atoms with van der Waals surface area (Å²) in [7, 11) is -3.86. The van der Waals surface area contributed by atoms with Crippen molar-refractivity contribution in [3.63, 3.8) is 0 Å². The maximum Gasteiger partial charge on any atom is 0.410 e. The number of piperidine rings is 2. The number of ether oxygens (including phenoxy) is 2. The first kappa shape index (κ1) is 34.8. The van der Waals surface area contributed by atoms with Crippen LogP contribution in [0.3, 0.4) is 0 Å². The molecule has 3 amide bonds. The Morgan fingerprint density at radius 3 is 2.20 bits per heavy atom. The van der Waals surface area contributed by atoms with Crippen molar-refractivity contribution in [2.24, 2.45) is 11.8 Å². The number of hydrogen-bond acceptors (Lipinski definition) is 8. The minimum Gasteiger partial charge on any atom is -0.463 e. The highest BCUT2D eigenvalue weighted by Gasteiger charge is 2.42. The van der Waals surface area contributed by atoms with Crippen LogP contribution in [0.5, 0.6) is 0 Å². The largest absolute Gasteiger partial charge is 0.463 e. The molecule has 13 heteroatoms. The average Bonchev–Trinajstić information content (AvgIpc) is 2.89. The number of nitrogens with zero attached hydrogens (tertiary/aromatic N) is 2. The zero-order valence-electron chi connectivity index (χ0n) is 25.6. The number of carbonyl (C=O) groups is 4. The lowest BCUT2D eigenvalue weighted by Gasteiger charge is -2.36. The molecule has 2 fully saturated rings. The van der Waals surface area contributed by atoms with Crippen LogP contribution in [0.2, 0.25) is 0 Å². The lowest BCUT2D eigenvalue weighted by molar-refractivity contribution is -0.154. The lowest BCUT2D eigenvalue weighted by Crippen LogP contribution is -2.65. The molecule has 2 heterocycles. The monoisotopic (exact) mass is 602 g/mol. The lowest BCUT2D eigenvalue weighted by atomic mass is 9.91. The van der Waals surface area contributed by atoms with E-state index in [9.17, 15) is 27.6 Å². The van der Waals surface area contributed by atoms with E-state index in [4.69, 9.17) is 9.47 Å². The first-order chi connectivity index (χ1) is 19.1. The summed E-state index contributed by atoms with van der Waals surface area (Å²) >= 11 is 0. The summed E-state index contributed by atoms with van der Waals surface area (Å²) in [6.45, 7) is 12.2. The Morgan fingerprint density at radius 1 is 0.951 bits per heavy atom. The van der Waals surface area contributed by atoms with E-state index in [0.717, 1.165) is 12.8 Å². The number of carbonyl (C=O) groups excluding carboxylic acids is 4. The molecule has 2 N–H and O–H groups in total. The fraction of sp³-hybridized carbons (Fsp3) is 0.857. The predicted molar refractivity (Wildman–Crippen MR) is 154 cm³/mol. The number of nitrogens with one attached hydrogen (secondary N) is 2. The van der Waals surface area contributed by atoms with Gasteiger partial charge in [-0.15, -0.1) is 0 Å². The first-order valence-electron chi connectivity index (χ1n) is 14.9. The fourth-order valence-electron chi connectivity index (χ4n) is 5.07. The van der Waals surface area contributed by atoms with E-state index in [1.165, 1.54) is 6.92 Å². The minimum atomic E-state index is -3.86. The van der Waals surface area contributed by atoms with E-state index in [1.54, 1.807) is 16.7 Å². The van der Waals surface area contributed by atoms with Gasteiger partial charge in [-0.2, -0.15) is 4.72 Å². The molecule has 0 spiro atoms. The quantitative estimate of drug-likeness (QED) is 0.256. The van der Waals surface area contributed by atoms with Gasteiger partial charge in [0, 0.05) is 32.6 Å². The van der Waals surface area contributed by atoms with Crippen molar-refractivity contribution in [1.82, 2.24) is 19.8 Å². The third-order valence-electron chi connectivity index (χ3n) is 7.36. The zero-order chi connectivity index (χ0) is 30.8. The molecule has 0 aromatic rings. The smallest absolute Gasteiger partial charge is 0.410 e. The van der Waals surface area contributed by atoms with Crippen molar-refractivity contribution >= 4 is 33.9 Å². The van der Waals surface area contributed by atoms with Crippen LogP contribution in [-0.2, 0) is 33.9 Å². The standard InChI is InChI=1S/C28H50N4O8S/c1-7-9-19-41(37,38)30-28(6,25(35)39-8-2)29-24(34)22-11-10-16-32(20-22)23(33)13-12-21-14-17-31(18-15-21)26(36)40-27(3,4)5/h21-22,30H,7-20H2,1-6H3,(H,29,34)/t22-,28-/m1/s1. The van der Waals surface area contributed by atoms with Gasteiger partial charge in [-0.1, -0.05) is 13.3 Å². The average molecular weight is 603 g/mol. The van der Waals surface area contributed by atoms with E-state index in [1.807, 2.05) is 27.7 Å². The van der Waals surface area contributed by atoms with Gasteiger partial charge in [-0.25, -0.2) is 18.0 Å². The summed E-state index contributed by atoms with van der Waals surface area (Å²) in [6.07, 6.45) is 4.55. The first-order valence-corrected chi connectivity index (χ1v) is 16.5. The molecular weight excluding hydrogens is 552 g/mol. The molecule has 2 atom stereocenters. The summed E-state index contributed by atoms with van der Waals surface area (Å²) in [5.74, 6) is -1.88. The van der Waals surface area contributed by atoms with Crippen LogP contribution >= 0.6 is 0 Å². The minimum absolute atomic E-state index is 0.0206. The van der Waals surface area contributed by atoms with E-state index in [0.29, 0.717) is 64.1 Å². The molecular formula is C28H50N4O8S. The van der Waals surface area contributed by atoms with Gasteiger partial charge in [-0.05, 0) is 79.1 Å². The maximum absolute atomic E-state index is 13.2. The molecule has 2 rings (SSSR count). The van der Waals surface area contributed by atoms with E-state index < -0.39 is 39.1 Å². The van der Waals surface area contributed by atoms with Crippen molar-refractivity contribution in [1.29, 1.82) is 0 Å². The van der Waals surface area contributed by atoms with Gasteiger partial charge < -0.3 is 24.6 Å². The van der Waals surface area contributed by atoms with Gasteiger partial charge in [0.25, 0.3) is 0 Å². The molecule has 0 unspecified atom stereocenters. The van der Waals surface area contributed by atoms with Gasteiger partial charge in [0.1, 0.15) is 5.60 Å². The Labute approximate surface area is 245 Å². The zero-order valence-corrected chi connectivity index (χ0v) is 26.4. The van der Waals surface area contributed by atoms with E-state index >= 15 is 0 Å². The Bertz CT molecular complexity index is 1020. The van der Waals surface area contributed by atoms with Crippen molar-refractivity contribution < 1.29 is 37.1 Å². The van der Waals surface area contributed by atoms with Gasteiger partial charge in [-0.3, -0.25) is 9.59 Å². The molecule has 0 aromatic heterocycles.